The van der Waals surface area contributed by atoms with E-state index >= 15 is 0 Å². The molecule has 6 nitrogen and oxygen atoms in total. The lowest BCUT2D eigenvalue weighted by Gasteiger charge is -2.39. The second kappa shape index (κ2) is 5.17. The summed E-state index contributed by atoms with van der Waals surface area (Å²) >= 11 is 1.41. The Balaban J connectivity index is 1.77. The second-order valence-electron chi connectivity index (χ2n) is 7.05. The van der Waals surface area contributed by atoms with Gasteiger partial charge >= 0.3 is 0 Å². The largest absolute Gasteiger partial charge is 0.466 e. The molecule has 0 N–H and O–H groups in total. The number of aromatic nitrogens is 3. The zero-order valence-corrected chi connectivity index (χ0v) is 15.6. The zero-order chi connectivity index (χ0) is 18.1. The third-order valence-electron chi connectivity index (χ3n) is 4.98. The van der Waals surface area contributed by atoms with Gasteiger partial charge in [-0.1, -0.05) is 29.5 Å². The van der Waals surface area contributed by atoms with E-state index in [0.29, 0.717) is 15.8 Å². The van der Waals surface area contributed by atoms with Crippen LogP contribution in [0, 0.1) is 6.92 Å². The molecule has 2 atom stereocenters. The van der Waals surface area contributed by atoms with Crippen molar-refractivity contribution in [2.24, 2.45) is 12.0 Å². The number of nitrogens with zero attached hydrogens (tertiary/aromatic N) is 4. The fourth-order valence-electron chi connectivity index (χ4n) is 3.84. The first-order valence-corrected chi connectivity index (χ1v) is 9.37. The predicted octanol–water partition coefficient (Wildman–Crippen LogP) is 1.50. The summed E-state index contributed by atoms with van der Waals surface area (Å²) in [6, 6.07) is 9.84. The van der Waals surface area contributed by atoms with Gasteiger partial charge in [0.25, 0.3) is 5.56 Å². The molecule has 2 bridgehead atoms. The van der Waals surface area contributed by atoms with E-state index in [1.54, 1.807) is 4.68 Å². The number of para-hydroxylation sites is 1. The van der Waals surface area contributed by atoms with Gasteiger partial charge in [0.15, 0.2) is 4.80 Å². The molecular formula is C19H18N4O2S. The number of aryl methyl sites for hydroxylation is 2. The molecule has 0 saturated carbocycles. The Morgan fingerprint density at radius 2 is 2.19 bits per heavy atom. The molecule has 7 heteroatoms. The van der Waals surface area contributed by atoms with E-state index in [1.807, 2.05) is 61.9 Å². The number of benzene rings is 1. The average Bonchev–Trinajstić information content (AvgIpc) is 3.05. The molecule has 26 heavy (non-hydrogen) atoms. The lowest BCUT2D eigenvalue weighted by molar-refractivity contribution is 0.0410. The number of ether oxygens (including phenoxy) is 1. The van der Waals surface area contributed by atoms with Gasteiger partial charge in [0, 0.05) is 19.0 Å². The second-order valence-corrected chi connectivity index (χ2v) is 8.06. The summed E-state index contributed by atoms with van der Waals surface area (Å²) in [6.45, 7) is 3.93. The maximum absolute atomic E-state index is 13.2. The van der Waals surface area contributed by atoms with Gasteiger partial charge in [0.2, 0.25) is 5.72 Å². The number of fused-ring (bicyclic) bond motifs is 6. The van der Waals surface area contributed by atoms with Crippen molar-refractivity contribution < 1.29 is 4.74 Å². The van der Waals surface area contributed by atoms with E-state index in [4.69, 9.17) is 9.73 Å². The summed E-state index contributed by atoms with van der Waals surface area (Å²) in [5.74, 6) is 0.812. The smallest absolute Gasteiger partial charge is 0.270 e. The Hall–Kier alpha value is -2.67. The van der Waals surface area contributed by atoms with Crippen molar-refractivity contribution in [3.05, 3.63) is 67.0 Å². The third kappa shape index (κ3) is 2.20. The van der Waals surface area contributed by atoms with Crippen LogP contribution in [0.4, 0.5) is 0 Å². The molecule has 2 aliphatic rings. The van der Waals surface area contributed by atoms with Crippen LogP contribution in [0.3, 0.4) is 0 Å². The van der Waals surface area contributed by atoms with Crippen LogP contribution < -0.4 is 19.6 Å². The van der Waals surface area contributed by atoms with Crippen LogP contribution in [0.1, 0.15) is 36.3 Å². The SMILES string of the molecule is Cc1cc(/C=c2\sc3n(c2=O)[C@@H]2C[C@@](C)(N=3)Oc3ccccc32)n(C)n1. The molecule has 0 fully saturated rings. The molecule has 0 radical (unpaired) electrons. The highest BCUT2D eigenvalue weighted by Gasteiger charge is 2.42. The summed E-state index contributed by atoms with van der Waals surface area (Å²) in [7, 11) is 1.88. The summed E-state index contributed by atoms with van der Waals surface area (Å²) in [4.78, 5) is 18.6. The van der Waals surface area contributed by atoms with Crippen molar-refractivity contribution in [1.29, 1.82) is 0 Å². The van der Waals surface area contributed by atoms with Crippen LogP contribution in [-0.2, 0) is 7.05 Å². The molecule has 2 aromatic heterocycles. The van der Waals surface area contributed by atoms with Crippen molar-refractivity contribution >= 4 is 17.4 Å². The maximum atomic E-state index is 13.2. The van der Waals surface area contributed by atoms with Gasteiger partial charge in [-0.2, -0.15) is 5.10 Å². The minimum atomic E-state index is -0.628. The van der Waals surface area contributed by atoms with Crippen LogP contribution in [0.5, 0.6) is 5.75 Å². The summed E-state index contributed by atoms with van der Waals surface area (Å²) in [5.41, 5.74) is 2.25. The van der Waals surface area contributed by atoms with Gasteiger partial charge in [-0.25, -0.2) is 4.99 Å². The summed E-state index contributed by atoms with van der Waals surface area (Å²) < 4.78 is 10.4. The molecule has 0 unspecified atom stereocenters. The molecule has 2 aliphatic heterocycles. The van der Waals surface area contributed by atoms with Gasteiger partial charge in [-0.15, -0.1) is 0 Å². The predicted molar refractivity (Wildman–Crippen MR) is 99.1 cm³/mol. The first-order valence-electron chi connectivity index (χ1n) is 8.55. The van der Waals surface area contributed by atoms with E-state index < -0.39 is 5.72 Å². The fraction of sp³-hybridized carbons (Fsp3) is 0.316. The van der Waals surface area contributed by atoms with Crippen LogP contribution in [0.2, 0.25) is 0 Å². The molecule has 132 valence electrons. The number of hydrogen-bond donors (Lipinski definition) is 0. The first-order chi connectivity index (χ1) is 12.4. The van der Waals surface area contributed by atoms with Crippen LogP contribution >= 0.6 is 11.3 Å². The first kappa shape index (κ1) is 15.6. The van der Waals surface area contributed by atoms with Crippen molar-refractivity contribution in [3.8, 4) is 5.75 Å². The number of rotatable bonds is 1. The van der Waals surface area contributed by atoms with Crippen LogP contribution in [0.15, 0.2) is 40.1 Å². The lowest BCUT2D eigenvalue weighted by Crippen LogP contribution is -2.49. The summed E-state index contributed by atoms with van der Waals surface area (Å²) in [5, 5.41) is 4.35. The highest BCUT2D eigenvalue weighted by atomic mass is 32.1. The topological polar surface area (TPSA) is 61.4 Å². The Morgan fingerprint density at radius 1 is 1.38 bits per heavy atom. The highest BCUT2D eigenvalue weighted by Crippen LogP contribution is 2.42. The van der Waals surface area contributed by atoms with Crippen molar-refractivity contribution in [3.63, 3.8) is 0 Å². The molecule has 0 amide bonds. The Labute approximate surface area is 153 Å². The maximum Gasteiger partial charge on any atom is 0.270 e. The van der Waals surface area contributed by atoms with Gasteiger partial charge in [0.1, 0.15) is 5.75 Å². The third-order valence-corrected chi connectivity index (χ3v) is 5.96. The van der Waals surface area contributed by atoms with Gasteiger partial charge < -0.3 is 4.74 Å². The molecule has 1 aromatic carbocycles. The zero-order valence-electron chi connectivity index (χ0n) is 14.8. The monoisotopic (exact) mass is 366 g/mol. The molecule has 0 aliphatic carbocycles. The van der Waals surface area contributed by atoms with Crippen molar-refractivity contribution in [2.75, 3.05) is 0 Å². The number of thiazole rings is 1. The van der Waals surface area contributed by atoms with E-state index in [9.17, 15) is 4.79 Å². The van der Waals surface area contributed by atoms with Crippen LogP contribution in [0.25, 0.3) is 6.08 Å². The Bertz CT molecular complexity index is 1220. The van der Waals surface area contributed by atoms with E-state index in [-0.39, 0.29) is 11.6 Å². The normalized spacial score (nSPS) is 23.8. The Kier molecular flexibility index (Phi) is 3.10. The molecule has 0 saturated heterocycles. The molecular weight excluding hydrogens is 348 g/mol. The highest BCUT2D eigenvalue weighted by molar-refractivity contribution is 7.07. The summed E-state index contributed by atoms with van der Waals surface area (Å²) in [6.07, 6.45) is 2.56. The quantitative estimate of drug-likeness (QED) is 0.656. The Morgan fingerprint density at radius 3 is 2.96 bits per heavy atom. The van der Waals surface area contributed by atoms with Gasteiger partial charge in [-0.3, -0.25) is 14.0 Å². The van der Waals surface area contributed by atoms with Crippen molar-refractivity contribution in [1.82, 2.24) is 14.3 Å². The molecule has 5 rings (SSSR count). The molecule has 0 spiro atoms. The molecule has 4 heterocycles. The van der Waals surface area contributed by atoms with Crippen LogP contribution in [-0.4, -0.2) is 20.1 Å². The van der Waals surface area contributed by atoms with Gasteiger partial charge in [-0.05, 0) is 32.1 Å². The van der Waals surface area contributed by atoms with E-state index in [0.717, 1.165) is 22.7 Å². The average molecular weight is 366 g/mol. The van der Waals surface area contributed by atoms with E-state index in [2.05, 4.69) is 5.10 Å². The minimum Gasteiger partial charge on any atom is -0.466 e. The van der Waals surface area contributed by atoms with Crippen molar-refractivity contribution in [2.45, 2.75) is 32.0 Å². The number of hydrogen-bond acceptors (Lipinski definition) is 5. The van der Waals surface area contributed by atoms with E-state index in [1.165, 1.54) is 11.3 Å². The minimum absolute atomic E-state index is 0.00337. The fourth-order valence-corrected chi connectivity index (χ4v) is 4.95. The molecule has 3 aromatic rings. The lowest BCUT2D eigenvalue weighted by atomic mass is 9.93. The standard InChI is InChI=1S/C19H18N4O2S/c1-11-8-12(22(3)21-11)9-16-17(24)23-14-10-19(2,20-18(23)26-16)25-15-7-5-4-6-13(14)15/h4-9,14H,10H2,1-3H3/b16-9-/t14-,19+/m1/s1. The van der Waals surface area contributed by atoms with Gasteiger partial charge in [0.05, 0.1) is 22.0 Å².